The van der Waals surface area contributed by atoms with Crippen molar-refractivity contribution >= 4 is 29.9 Å². The first-order chi connectivity index (χ1) is 8.67. The van der Waals surface area contributed by atoms with Gasteiger partial charge in [-0.25, -0.2) is 0 Å². The molecule has 1 unspecified atom stereocenters. The van der Waals surface area contributed by atoms with Crippen LogP contribution in [-0.4, -0.2) is 62.6 Å². The summed E-state index contributed by atoms with van der Waals surface area (Å²) < 4.78 is 0. The van der Waals surface area contributed by atoms with Crippen LogP contribution in [0.15, 0.2) is 4.99 Å². The highest BCUT2D eigenvalue weighted by atomic mass is 127. The number of halogens is 1. The molecule has 114 valence electrons. The van der Waals surface area contributed by atoms with Crippen molar-refractivity contribution in [3.63, 3.8) is 0 Å². The second-order valence-electron chi connectivity index (χ2n) is 5.39. The summed E-state index contributed by atoms with van der Waals surface area (Å²) in [5, 5.41) is 3.39. The zero-order valence-corrected chi connectivity index (χ0v) is 15.3. The molecule has 0 aliphatic carbocycles. The van der Waals surface area contributed by atoms with E-state index in [1.165, 1.54) is 32.4 Å². The molecule has 1 atom stereocenters. The molecule has 5 heteroatoms. The molecule has 19 heavy (non-hydrogen) atoms. The van der Waals surface area contributed by atoms with E-state index in [9.17, 15) is 0 Å². The average Bonchev–Trinajstić information content (AvgIpc) is 2.77. The molecule has 0 aromatic heterocycles. The summed E-state index contributed by atoms with van der Waals surface area (Å²) in [6.45, 7) is 9.78. The van der Waals surface area contributed by atoms with Crippen LogP contribution in [0.1, 0.15) is 33.1 Å². The number of unbranched alkanes of at least 4 members (excludes halogenated alkanes) is 1. The molecule has 1 heterocycles. The van der Waals surface area contributed by atoms with Gasteiger partial charge in [-0.1, -0.05) is 13.3 Å². The van der Waals surface area contributed by atoms with Crippen molar-refractivity contribution in [2.75, 3.05) is 46.8 Å². The van der Waals surface area contributed by atoms with Crippen LogP contribution in [0.3, 0.4) is 0 Å². The van der Waals surface area contributed by atoms with E-state index in [0.717, 1.165) is 31.5 Å². The fourth-order valence-corrected chi connectivity index (χ4v) is 2.36. The lowest BCUT2D eigenvalue weighted by atomic mass is 10.1. The molecule has 1 rings (SSSR count). The fraction of sp³-hybridized carbons (Fsp3) is 0.929. The Kier molecular flexibility index (Phi) is 10.7. The predicted octanol–water partition coefficient (Wildman–Crippen LogP) is 2.25. The smallest absolute Gasteiger partial charge is 0.193 e. The second kappa shape index (κ2) is 10.7. The van der Waals surface area contributed by atoms with Gasteiger partial charge in [0.1, 0.15) is 0 Å². The normalized spacial score (nSPS) is 20.2. The van der Waals surface area contributed by atoms with Crippen molar-refractivity contribution in [3.8, 4) is 0 Å². The zero-order chi connectivity index (χ0) is 13.4. The van der Waals surface area contributed by atoms with Gasteiger partial charge in [0.15, 0.2) is 5.96 Å². The Hall–Kier alpha value is -0.0400. The largest absolute Gasteiger partial charge is 0.357 e. The maximum Gasteiger partial charge on any atom is 0.193 e. The third kappa shape index (κ3) is 7.34. The lowest BCUT2D eigenvalue weighted by Gasteiger charge is -2.22. The van der Waals surface area contributed by atoms with Crippen molar-refractivity contribution in [3.05, 3.63) is 0 Å². The van der Waals surface area contributed by atoms with E-state index < -0.39 is 0 Å². The van der Waals surface area contributed by atoms with Crippen molar-refractivity contribution in [2.45, 2.75) is 33.1 Å². The highest BCUT2D eigenvalue weighted by Gasteiger charge is 2.19. The van der Waals surface area contributed by atoms with E-state index in [2.05, 4.69) is 43.1 Å². The number of hydrogen-bond donors (Lipinski definition) is 1. The van der Waals surface area contributed by atoms with E-state index in [4.69, 9.17) is 4.99 Å². The summed E-state index contributed by atoms with van der Waals surface area (Å²) in [5.41, 5.74) is 0. The van der Waals surface area contributed by atoms with Crippen LogP contribution in [0.5, 0.6) is 0 Å². The minimum atomic E-state index is 0. The number of aliphatic imine (C=N–C) groups is 1. The Balaban J connectivity index is 0.00000324. The van der Waals surface area contributed by atoms with E-state index in [0.29, 0.717) is 0 Å². The Morgan fingerprint density at radius 1 is 1.42 bits per heavy atom. The maximum atomic E-state index is 4.79. The topological polar surface area (TPSA) is 30.9 Å². The number of nitrogens with zero attached hydrogens (tertiary/aromatic N) is 3. The summed E-state index contributed by atoms with van der Waals surface area (Å²) in [6.07, 6.45) is 3.75. The molecule has 1 N–H and O–H groups in total. The van der Waals surface area contributed by atoms with Gasteiger partial charge in [0.05, 0.1) is 0 Å². The fourth-order valence-electron chi connectivity index (χ4n) is 2.36. The molecule has 1 saturated heterocycles. The van der Waals surface area contributed by atoms with Gasteiger partial charge >= 0.3 is 0 Å². The van der Waals surface area contributed by atoms with Gasteiger partial charge in [-0.3, -0.25) is 4.99 Å². The Bertz CT molecular complexity index is 258. The van der Waals surface area contributed by atoms with Gasteiger partial charge in [0.2, 0.25) is 0 Å². The summed E-state index contributed by atoms with van der Waals surface area (Å²) >= 11 is 0. The van der Waals surface area contributed by atoms with Crippen LogP contribution < -0.4 is 5.32 Å². The van der Waals surface area contributed by atoms with Crippen molar-refractivity contribution in [1.82, 2.24) is 15.1 Å². The Morgan fingerprint density at radius 3 is 2.68 bits per heavy atom. The van der Waals surface area contributed by atoms with Crippen molar-refractivity contribution < 1.29 is 0 Å². The van der Waals surface area contributed by atoms with Crippen molar-refractivity contribution in [1.29, 1.82) is 0 Å². The van der Waals surface area contributed by atoms with Crippen molar-refractivity contribution in [2.24, 2.45) is 10.9 Å². The van der Waals surface area contributed by atoms with Gasteiger partial charge in [0.25, 0.3) is 0 Å². The molecule has 1 aliphatic rings. The number of likely N-dealkylation sites (tertiary alicyclic amines) is 1. The van der Waals surface area contributed by atoms with Gasteiger partial charge in [0, 0.05) is 33.2 Å². The summed E-state index contributed by atoms with van der Waals surface area (Å²) in [7, 11) is 4.33. The maximum absolute atomic E-state index is 4.79. The second-order valence-corrected chi connectivity index (χ2v) is 5.39. The monoisotopic (exact) mass is 382 g/mol. The van der Waals surface area contributed by atoms with Crippen LogP contribution in [-0.2, 0) is 0 Å². The summed E-state index contributed by atoms with van der Waals surface area (Å²) in [4.78, 5) is 9.44. The minimum Gasteiger partial charge on any atom is -0.357 e. The summed E-state index contributed by atoms with van der Waals surface area (Å²) in [5.74, 6) is 1.81. The van der Waals surface area contributed by atoms with Gasteiger partial charge < -0.3 is 15.1 Å². The first-order valence-corrected chi connectivity index (χ1v) is 7.35. The van der Waals surface area contributed by atoms with Crippen LogP contribution in [0.2, 0.25) is 0 Å². The number of guanidine groups is 1. The molecule has 0 spiro atoms. The third-order valence-corrected chi connectivity index (χ3v) is 3.53. The van der Waals surface area contributed by atoms with E-state index in [-0.39, 0.29) is 24.0 Å². The molecule has 4 nitrogen and oxygen atoms in total. The molecule has 0 aromatic rings. The van der Waals surface area contributed by atoms with Crippen LogP contribution in [0.25, 0.3) is 0 Å². The number of hydrogen-bond acceptors (Lipinski definition) is 2. The van der Waals surface area contributed by atoms with Gasteiger partial charge in [-0.15, -0.1) is 24.0 Å². The van der Waals surface area contributed by atoms with Crippen LogP contribution in [0.4, 0.5) is 0 Å². The SMILES string of the molecule is CCCCN(C)C(=NCC1CCN(C)C1)NCC.I. The Labute approximate surface area is 136 Å². The van der Waals surface area contributed by atoms with Gasteiger partial charge in [-0.05, 0) is 39.3 Å². The predicted molar refractivity (Wildman–Crippen MR) is 94.5 cm³/mol. The third-order valence-electron chi connectivity index (χ3n) is 3.53. The molecule has 0 bridgehead atoms. The van der Waals surface area contributed by atoms with E-state index in [1.54, 1.807) is 0 Å². The Morgan fingerprint density at radius 2 is 2.16 bits per heavy atom. The quantitative estimate of drug-likeness (QED) is 0.434. The molecule has 1 fully saturated rings. The van der Waals surface area contributed by atoms with E-state index in [1.807, 2.05) is 0 Å². The minimum absolute atomic E-state index is 0. The molecular formula is C14H31IN4. The highest BCUT2D eigenvalue weighted by Crippen LogP contribution is 2.14. The summed E-state index contributed by atoms with van der Waals surface area (Å²) in [6, 6.07) is 0. The lowest BCUT2D eigenvalue weighted by molar-refractivity contribution is 0.396. The van der Waals surface area contributed by atoms with Gasteiger partial charge in [-0.2, -0.15) is 0 Å². The molecule has 0 saturated carbocycles. The van der Waals surface area contributed by atoms with E-state index >= 15 is 0 Å². The number of rotatable bonds is 6. The molecule has 0 radical (unpaired) electrons. The number of nitrogens with one attached hydrogen (secondary N) is 1. The molecule has 0 amide bonds. The van der Waals surface area contributed by atoms with Crippen LogP contribution in [0, 0.1) is 5.92 Å². The van der Waals surface area contributed by atoms with Crippen LogP contribution >= 0.6 is 24.0 Å². The standard InChI is InChI=1S/C14H30N4.HI/c1-5-7-9-18(4)14(15-6-2)16-11-13-8-10-17(3)12-13;/h13H,5-12H2,1-4H3,(H,15,16);1H. The lowest BCUT2D eigenvalue weighted by Crippen LogP contribution is -2.39. The highest BCUT2D eigenvalue weighted by molar-refractivity contribution is 14.0. The first kappa shape index (κ1) is 19.0. The zero-order valence-electron chi connectivity index (χ0n) is 13.0. The first-order valence-electron chi connectivity index (χ1n) is 7.35. The molecular weight excluding hydrogens is 351 g/mol. The molecule has 1 aliphatic heterocycles. The molecule has 0 aromatic carbocycles. The average molecular weight is 382 g/mol.